The molecule has 0 radical (unpaired) electrons. The van der Waals surface area contributed by atoms with E-state index < -0.39 is 10.8 Å². The van der Waals surface area contributed by atoms with Gasteiger partial charge in [0.15, 0.2) is 10.4 Å². The van der Waals surface area contributed by atoms with Crippen molar-refractivity contribution in [2.24, 2.45) is 0 Å². The molecular weight excluding hydrogens is 278 g/mol. The van der Waals surface area contributed by atoms with Crippen LogP contribution in [0.25, 0.3) is 11.2 Å². The van der Waals surface area contributed by atoms with Crippen molar-refractivity contribution in [3.63, 3.8) is 0 Å². The lowest BCUT2D eigenvalue weighted by atomic mass is 10.4. The molecule has 0 fully saturated rings. The fraction of sp³-hybridized carbons (Fsp3) is 0.400. The third-order valence-corrected chi connectivity index (χ3v) is 4.25. The van der Waals surface area contributed by atoms with Crippen LogP contribution in [0.1, 0.15) is 6.92 Å². The lowest BCUT2D eigenvalue weighted by Crippen LogP contribution is -2.09. The molecule has 0 aliphatic heterocycles. The molecule has 92 valence electrons. The second-order valence-electron chi connectivity index (χ2n) is 3.54. The van der Waals surface area contributed by atoms with Gasteiger partial charge in [0.05, 0.1) is 10.5 Å². The van der Waals surface area contributed by atoms with E-state index in [1.54, 1.807) is 12.3 Å². The van der Waals surface area contributed by atoms with Gasteiger partial charge in [-0.1, -0.05) is 18.5 Å². The molecule has 0 aliphatic rings. The Hall–Kier alpha value is -0.720. The van der Waals surface area contributed by atoms with Crippen LogP contribution >= 0.6 is 23.8 Å². The van der Waals surface area contributed by atoms with E-state index in [9.17, 15) is 4.21 Å². The fourth-order valence-electron chi connectivity index (χ4n) is 1.56. The van der Waals surface area contributed by atoms with Gasteiger partial charge in [-0.15, -0.1) is 0 Å². The van der Waals surface area contributed by atoms with E-state index in [2.05, 4.69) is 9.97 Å². The minimum Gasteiger partial charge on any atom is -0.329 e. The number of aromatic nitrogens is 3. The van der Waals surface area contributed by atoms with Gasteiger partial charge in [-0.25, -0.2) is 4.98 Å². The predicted octanol–water partition coefficient (Wildman–Crippen LogP) is 2.52. The molecule has 4 nitrogen and oxygen atoms in total. The zero-order valence-electron chi connectivity index (χ0n) is 9.27. The van der Waals surface area contributed by atoms with Crippen molar-refractivity contribution in [2.75, 3.05) is 11.5 Å². The average Bonchev–Trinajstić information content (AvgIpc) is 2.61. The normalized spacial score (nSPS) is 13.1. The molecule has 0 aliphatic carbocycles. The lowest BCUT2D eigenvalue weighted by molar-refractivity contribution is 0.675. The molecule has 2 heterocycles. The first kappa shape index (κ1) is 12.7. The number of fused-ring (bicyclic) bond motifs is 1. The van der Waals surface area contributed by atoms with Crippen LogP contribution in [0.15, 0.2) is 12.3 Å². The summed E-state index contributed by atoms with van der Waals surface area (Å²) in [5.74, 6) is 1.25. The summed E-state index contributed by atoms with van der Waals surface area (Å²) in [7, 11) is -0.802. The van der Waals surface area contributed by atoms with Crippen LogP contribution in [0.4, 0.5) is 0 Å². The molecule has 0 spiro atoms. The number of halogens is 1. The van der Waals surface area contributed by atoms with Crippen LogP contribution in [0.5, 0.6) is 0 Å². The molecule has 0 aromatic carbocycles. The Morgan fingerprint density at radius 1 is 1.65 bits per heavy atom. The number of aromatic amines is 1. The molecular formula is C10H12ClN3OS2. The molecule has 0 saturated carbocycles. The minimum atomic E-state index is -0.802. The fourth-order valence-corrected chi connectivity index (χ4v) is 2.68. The quantitative estimate of drug-likeness (QED) is 0.880. The Kier molecular flexibility index (Phi) is 3.96. The van der Waals surface area contributed by atoms with E-state index in [1.807, 2.05) is 11.5 Å². The summed E-state index contributed by atoms with van der Waals surface area (Å²) in [4.78, 5) is 7.28. The Morgan fingerprint density at radius 2 is 2.41 bits per heavy atom. The summed E-state index contributed by atoms with van der Waals surface area (Å²) < 4.78 is 13.9. The highest BCUT2D eigenvalue weighted by Crippen LogP contribution is 2.16. The van der Waals surface area contributed by atoms with Crippen LogP contribution in [-0.2, 0) is 17.3 Å². The first-order chi connectivity index (χ1) is 8.11. The van der Waals surface area contributed by atoms with E-state index in [-0.39, 0.29) is 0 Å². The predicted molar refractivity (Wildman–Crippen MR) is 73.5 cm³/mol. The smallest absolute Gasteiger partial charge is 0.179 e. The summed E-state index contributed by atoms with van der Waals surface area (Å²) in [6, 6.07) is 1.78. The number of rotatable bonds is 4. The van der Waals surface area contributed by atoms with Gasteiger partial charge >= 0.3 is 0 Å². The van der Waals surface area contributed by atoms with Gasteiger partial charge in [0, 0.05) is 35.0 Å². The molecule has 2 rings (SSSR count). The summed E-state index contributed by atoms with van der Waals surface area (Å²) in [6.07, 6.45) is 1.58. The number of aryl methyl sites for hydroxylation is 1. The number of hydrogen-bond donors (Lipinski definition) is 1. The van der Waals surface area contributed by atoms with Crippen LogP contribution in [0.3, 0.4) is 0 Å². The number of imidazole rings is 1. The van der Waals surface area contributed by atoms with Crippen molar-refractivity contribution in [1.29, 1.82) is 0 Å². The zero-order chi connectivity index (χ0) is 12.4. The van der Waals surface area contributed by atoms with Crippen molar-refractivity contribution in [3.8, 4) is 0 Å². The van der Waals surface area contributed by atoms with Crippen molar-refractivity contribution in [2.45, 2.75) is 13.5 Å². The summed E-state index contributed by atoms with van der Waals surface area (Å²) in [5.41, 5.74) is 1.57. The second kappa shape index (κ2) is 5.29. The highest BCUT2D eigenvalue weighted by molar-refractivity contribution is 7.84. The highest BCUT2D eigenvalue weighted by atomic mass is 35.5. The maximum absolute atomic E-state index is 11.4. The highest BCUT2D eigenvalue weighted by Gasteiger charge is 2.07. The third-order valence-electron chi connectivity index (χ3n) is 2.44. The topological polar surface area (TPSA) is 50.7 Å². The molecule has 1 unspecified atom stereocenters. The van der Waals surface area contributed by atoms with Gasteiger partial charge in [0.25, 0.3) is 0 Å². The van der Waals surface area contributed by atoms with Crippen LogP contribution in [0.2, 0.25) is 5.02 Å². The van der Waals surface area contributed by atoms with Crippen molar-refractivity contribution in [1.82, 2.24) is 14.5 Å². The Balaban J connectivity index is 2.36. The van der Waals surface area contributed by atoms with E-state index in [0.29, 0.717) is 27.8 Å². The first-order valence-electron chi connectivity index (χ1n) is 5.21. The molecule has 0 saturated heterocycles. The van der Waals surface area contributed by atoms with E-state index in [4.69, 9.17) is 23.8 Å². The van der Waals surface area contributed by atoms with Crippen molar-refractivity contribution >= 4 is 45.8 Å². The Bertz CT molecular complexity index is 620. The largest absolute Gasteiger partial charge is 0.329 e. The van der Waals surface area contributed by atoms with Crippen LogP contribution < -0.4 is 0 Å². The van der Waals surface area contributed by atoms with Gasteiger partial charge in [0.2, 0.25) is 0 Å². The van der Waals surface area contributed by atoms with Gasteiger partial charge in [-0.05, 0) is 18.3 Å². The maximum atomic E-state index is 11.4. The molecule has 0 bridgehead atoms. The summed E-state index contributed by atoms with van der Waals surface area (Å²) >= 11 is 11.1. The molecule has 1 atom stereocenters. The minimum absolute atomic E-state index is 0.568. The number of nitrogens with zero attached hydrogens (tertiary/aromatic N) is 2. The van der Waals surface area contributed by atoms with Crippen LogP contribution in [0, 0.1) is 4.77 Å². The first-order valence-corrected chi connectivity index (χ1v) is 7.48. The van der Waals surface area contributed by atoms with E-state index in [0.717, 1.165) is 11.2 Å². The van der Waals surface area contributed by atoms with Crippen molar-refractivity contribution < 1.29 is 4.21 Å². The van der Waals surface area contributed by atoms with Gasteiger partial charge < -0.3 is 9.55 Å². The van der Waals surface area contributed by atoms with E-state index in [1.165, 1.54) is 0 Å². The standard InChI is InChI=1S/C10H12ClN3OS2/c1-2-17(15)4-3-14-9-8(13-10(14)16)5-7(11)6-12-9/h5-6H,2-4H2,1H3,(H,13,16). The SMILES string of the molecule is CCS(=O)CCn1c(=S)[nH]c2cc(Cl)cnc21. The molecule has 0 amide bonds. The number of nitrogens with one attached hydrogen (secondary N) is 1. The third kappa shape index (κ3) is 2.75. The maximum Gasteiger partial charge on any atom is 0.179 e. The molecule has 2 aromatic rings. The summed E-state index contributed by atoms with van der Waals surface area (Å²) in [5, 5.41) is 0.568. The lowest BCUT2D eigenvalue weighted by Gasteiger charge is -2.02. The number of hydrogen-bond acceptors (Lipinski definition) is 3. The monoisotopic (exact) mass is 289 g/mol. The number of H-pyrrole nitrogens is 1. The zero-order valence-corrected chi connectivity index (χ0v) is 11.7. The molecule has 17 heavy (non-hydrogen) atoms. The van der Waals surface area contributed by atoms with Crippen molar-refractivity contribution in [3.05, 3.63) is 22.1 Å². The molecule has 7 heteroatoms. The van der Waals surface area contributed by atoms with Gasteiger partial charge in [0.1, 0.15) is 0 Å². The Labute approximate surface area is 111 Å². The number of pyridine rings is 1. The Morgan fingerprint density at radius 3 is 3.12 bits per heavy atom. The summed E-state index contributed by atoms with van der Waals surface area (Å²) in [6.45, 7) is 2.51. The second-order valence-corrected chi connectivity index (χ2v) is 6.23. The van der Waals surface area contributed by atoms with E-state index >= 15 is 0 Å². The van der Waals surface area contributed by atoms with Gasteiger partial charge in [-0.3, -0.25) is 4.21 Å². The van der Waals surface area contributed by atoms with Gasteiger partial charge in [-0.2, -0.15) is 0 Å². The molecule has 1 N–H and O–H groups in total. The van der Waals surface area contributed by atoms with Crippen LogP contribution in [-0.4, -0.2) is 30.2 Å². The molecule has 2 aromatic heterocycles. The average molecular weight is 290 g/mol.